The first-order chi connectivity index (χ1) is 12.7. The molecule has 1 amide bonds. The van der Waals surface area contributed by atoms with Crippen LogP contribution >= 0.6 is 0 Å². The molecule has 1 N–H and O–H groups in total. The van der Waals surface area contributed by atoms with E-state index in [0.717, 1.165) is 38.3 Å². The molecular formula is C19H19F3N4O. The molecule has 0 aliphatic carbocycles. The smallest absolute Gasteiger partial charge is 0.338 e. The Morgan fingerprint density at radius 1 is 1.26 bits per heavy atom. The zero-order chi connectivity index (χ0) is 19.2. The molecule has 2 aromatic rings. The van der Waals surface area contributed by atoms with Gasteiger partial charge in [-0.25, -0.2) is 4.68 Å². The second-order valence-corrected chi connectivity index (χ2v) is 7.38. The van der Waals surface area contributed by atoms with E-state index >= 15 is 0 Å². The van der Waals surface area contributed by atoms with Gasteiger partial charge in [0.15, 0.2) is 0 Å². The molecule has 4 rings (SSSR count). The van der Waals surface area contributed by atoms with Gasteiger partial charge in [0.05, 0.1) is 11.3 Å². The summed E-state index contributed by atoms with van der Waals surface area (Å²) in [5.41, 5.74) is 0.893. The molecule has 0 unspecified atom stereocenters. The zero-order valence-electron chi connectivity index (χ0n) is 14.8. The van der Waals surface area contributed by atoms with Gasteiger partial charge in [-0.05, 0) is 36.8 Å². The molecule has 1 aromatic carbocycles. The standard InChI is InChI=1S/C19H19F3N4O/c1-13-6-14(8-15(7-13)19(20,21)22)16-2-4-26(24-16)5-3-17(27)25-11-18(12-25)9-23-10-18/h2-8,23H,9-12H2,1H3/b5-3-. The molecule has 0 saturated carbocycles. The minimum absolute atomic E-state index is 0.0838. The fourth-order valence-electron chi connectivity index (χ4n) is 3.54. The number of alkyl halides is 3. The summed E-state index contributed by atoms with van der Waals surface area (Å²) in [6.45, 7) is 5.05. The summed E-state index contributed by atoms with van der Waals surface area (Å²) in [5, 5.41) is 7.47. The number of carbonyl (C=O) groups excluding carboxylic acids is 1. The Balaban J connectivity index is 1.46. The molecule has 1 aromatic heterocycles. The highest BCUT2D eigenvalue weighted by Crippen LogP contribution is 2.34. The van der Waals surface area contributed by atoms with E-state index in [1.54, 1.807) is 30.2 Å². The molecular weight excluding hydrogens is 357 g/mol. The van der Waals surface area contributed by atoms with Crippen molar-refractivity contribution < 1.29 is 18.0 Å². The number of nitrogens with one attached hydrogen (secondary N) is 1. The van der Waals surface area contributed by atoms with Crippen LogP contribution in [0.4, 0.5) is 13.2 Å². The zero-order valence-corrected chi connectivity index (χ0v) is 14.8. The minimum atomic E-state index is -4.40. The first-order valence-electron chi connectivity index (χ1n) is 8.66. The van der Waals surface area contributed by atoms with Crippen molar-refractivity contribution in [2.24, 2.45) is 5.41 Å². The van der Waals surface area contributed by atoms with Gasteiger partial charge in [0.1, 0.15) is 0 Å². The average Bonchev–Trinajstić information content (AvgIpc) is 2.97. The van der Waals surface area contributed by atoms with E-state index in [0.29, 0.717) is 16.8 Å². The number of hydrogen-bond donors (Lipinski definition) is 1. The average molecular weight is 376 g/mol. The monoisotopic (exact) mass is 376 g/mol. The lowest BCUT2D eigenvalue weighted by molar-refractivity contribution is -0.141. The second kappa shape index (κ2) is 6.23. The lowest BCUT2D eigenvalue weighted by Gasteiger charge is -2.55. The fourth-order valence-corrected chi connectivity index (χ4v) is 3.54. The molecule has 0 radical (unpaired) electrons. The molecule has 2 aliphatic rings. The molecule has 8 heteroatoms. The fraction of sp³-hybridized carbons (Fsp3) is 0.368. The Morgan fingerprint density at radius 2 is 2.00 bits per heavy atom. The van der Waals surface area contributed by atoms with Gasteiger partial charge in [-0.3, -0.25) is 4.79 Å². The summed E-state index contributed by atoms with van der Waals surface area (Å²) >= 11 is 0. The van der Waals surface area contributed by atoms with Gasteiger partial charge in [0.25, 0.3) is 0 Å². The molecule has 142 valence electrons. The van der Waals surface area contributed by atoms with E-state index in [9.17, 15) is 18.0 Å². The lowest BCUT2D eigenvalue weighted by atomic mass is 9.74. The Hall–Kier alpha value is -2.61. The van der Waals surface area contributed by atoms with Gasteiger partial charge >= 0.3 is 6.18 Å². The van der Waals surface area contributed by atoms with Gasteiger partial charge in [-0.2, -0.15) is 18.3 Å². The predicted octanol–water partition coefficient (Wildman–Crippen LogP) is 2.78. The van der Waals surface area contributed by atoms with Crippen LogP contribution in [0, 0.1) is 12.3 Å². The van der Waals surface area contributed by atoms with Gasteiger partial charge in [0.2, 0.25) is 5.91 Å². The van der Waals surface area contributed by atoms with Gasteiger partial charge in [-0.15, -0.1) is 0 Å². The SMILES string of the molecule is Cc1cc(-c2ccn(/C=C\C(=O)N3CC4(CNC4)C3)n2)cc(C(F)(F)F)c1. The number of amides is 1. The third-order valence-corrected chi connectivity index (χ3v) is 5.04. The highest BCUT2D eigenvalue weighted by Gasteiger charge is 2.48. The number of aryl methyl sites for hydroxylation is 1. The predicted molar refractivity (Wildman–Crippen MR) is 94.6 cm³/mol. The van der Waals surface area contributed by atoms with Crippen LogP contribution in [-0.2, 0) is 11.0 Å². The molecule has 2 aliphatic heterocycles. The van der Waals surface area contributed by atoms with Crippen molar-refractivity contribution in [3.63, 3.8) is 0 Å². The normalized spacial score (nSPS) is 18.6. The summed E-state index contributed by atoms with van der Waals surface area (Å²) in [5.74, 6) is -0.0838. The number of hydrogen-bond acceptors (Lipinski definition) is 3. The third kappa shape index (κ3) is 3.49. The molecule has 5 nitrogen and oxygen atoms in total. The molecule has 2 fully saturated rings. The van der Waals surface area contributed by atoms with Crippen molar-refractivity contribution in [1.29, 1.82) is 0 Å². The summed E-state index contributed by atoms with van der Waals surface area (Å²) in [7, 11) is 0. The van der Waals surface area contributed by atoms with Crippen molar-refractivity contribution in [2.45, 2.75) is 13.1 Å². The Labute approximate surface area is 154 Å². The van der Waals surface area contributed by atoms with Crippen molar-refractivity contribution in [3.05, 3.63) is 47.7 Å². The number of halogens is 3. The van der Waals surface area contributed by atoms with Crippen LogP contribution < -0.4 is 5.32 Å². The maximum absolute atomic E-state index is 13.0. The van der Waals surface area contributed by atoms with Crippen LogP contribution in [0.2, 0.25) is 0 Å². The highest BCUT2D eigenvalue weighted by molar-refractivity contribution is 5.90. The number of nitrogens with zero attached hydrogens (tertiary/aromatic N) is 3. The summed E-state index contributed by atoms with van der Waals surface area (Å²) in [6, 6.07) is 5.47. The molecule has 0 bridgehead atoms. The van der Waals surface area contributed by atoms with Crippen LogP contribution in [0.5, 0.6) is 0 Å². The van der Waals surface area contributed by atoms with Crippen molar-refractivity contribution >= 4 is 12.1 Å². The molecule has 0 atom stereocenters. The third-order valence-electron chi connectivity index (χ3n) is 5.04. The lowest BCUT2D eigenvalue weighted by Crippen LogP contribution is -2.71. The highest BCUT2D eigenvalue weighted by atomic mass is 19.4. The Bertz CT molecular complexity index is 904. The Kier molecular flexibility index (Phi) is 4.10. The molecule has 3 heterocycles. The van der Waals surface area contributed by atoms with Crippen molar-refractivity contribution in [2.75, 3.05) is 26.2 Å². The first-order valence-corrected chi connectivity index (χ1v) is 8.66. The van der Waals surface area contributed by atoms with E-state index in [4.69, 9.17) is 0 Å². The minimum Gasteiger partial charge on any atom is -0.338 e. The largest absolute Gasteiger partial charge is 0.416 e. The van der Waals surface area contributed by atoms with E-state index in [-0.39, 0.29) is 11.3 Å². The van der Waals surface area contributed by atoms with Crippen molar-refractivity contribution in [3.8, 4) is 11.3 Å². The number of rotatable bonds is 3. The van der Waals surface area contributed by atoms with E-state index in [2.05, 4.69) is 10.4 Å². The van der Waals surface area contributed by atoms with Crippen LogP contribution in [0.3, 0.4) is 0 Å². The molecule has 1 spiro atoms. The number of benzene rings is 1. The maximum Gasteiger partial charge on any atom is 0.416 e. The van der Waals surface area contributed by atoms with Crippen LogP contribution in [-0.4, -0.2) is 46.8 Å². The van der Waals surface area contributed by atoms with E-state index < -0.39 is 11.7 Å². The van der Waals surface area contributed by atoms with Crippen LogP contribution in [0.15, 0.2) is 36.5 Å². The topological polar surface area (TPSA) is 50.2 Å². The van der Waals surface area contributed by atoms with Gasteiger partial charge < -0.3 is 10.2 Å². The van der Waals surface area contributed by atoms with Crippen LogP contribution in [0.25, 0.3) is 17.5 Å². The van der Waals surface area contributed by atoms with Crippen molar-refractivity contribution in [1.82, 2.24) is 20.0 Å². The molecule has 2 saturated heterocycles. The van der Waals surface area contributed by atoms with Gasteiger partial charge in [-0.1, -0.05) is 0 Å². The summed E-state index contributed by atoms with van der Waals surface area (Å²) in [4.78, 5) is 13.9. The summed E-state index contributed by atoms with van der Waals surface area (Å²) < 4.78 is 40.4. The number of aromatic nitrogens is 2. The van der Waals surface area contributed by atoms with E-state index in [1.807, 2.05) is 0 Å². The summed E-state index contributed by atoms with van der Waals surface area (Å²) in [6.07, 6.45) is 0.172. The van der Waals surface area contributed by atoms with E-state index in [1.165, 1.54) is 17.0 Å². The van der Waals surface area contributed by atoms with Gasteiger partial charge in [0, 0.05) is 55.6 Å². The number of likely N-dealkylation sites (tertiary alicyclic amines) is 1. The maximum atomic E-state index is 13.0. The first kappa shape index (κ1) is 17.8. The Morgan fingerprint density at radius 3 is 2.63 bits per heavy atom. The second-order valence-electron chi connectivity index (χ2n) is 7.38. The number of carbonyl (C=O) groups is 1. The quantitative estimate of drug-likeness (QED) is 0.839. The molecule has 27 heavy (non-hydrogen) atoms. The van der Waals surface area contributed by atoms with Crippen LogP contribution in [0.1, 0.15) is 11.1 Å².